The van der Waals surface area contributed by atoms with E-state index in [4.69, 9.17) is 24.7 Å². The molecule has 2 unspecified atom stereocenters. The molecule has 0 radical (unpaired) electrons. The van der Waals surface area contributed by atoms with Gasteiger partial charge in [0.2, 0.25) is 5.91 Å². The Kier molecular flexibility index (Phi) is 14.8. The number of nitrogens with zero attached hydrogens (tertiary/aromatic N) is 4. The lowest BCUT2D eigenvalue weighted by atomic mass is 10.00. The third kappa shape index (κ3) is 10.8. The molecule has 356 valence electrons. The summed E-state index contributed by atoms with van der Waals surface area (Å²) < 4.78 is 27.9. The van der Waals surface area contributed by atoms with Gasteiger partial charge in [-0.05, 0) is 111 Å². The molecule has 2 fully saturated rings. The molecule has 3 aliphatic heterocycles. The number of fused-ring (bicyclic) bond motifs is 2. The molecular weight excluding hydrogens is 867 g/mol. The van der Waals surface area contributed by atoms with E-state index in [1.165, 1.54) is 11.0 Å². The summed E-state index contributed by atoms with van der Waals surface area (Å²) in [5.74, 6) is -0.340. The molecule has 8 rings (SSSR count). The first kappa shape index (κ1) is 47.3. The number of nitrogens with two attached hydrogens (primary N) is 1. The van der Waals surface area contributed by atoms with Gasteiger partial charge < -0.3 is 49.3 Å². The van der Waals surface area contributed by atoms with Crippen LogP contribution in [0.5, 0.6) is 5.75 Å². The van der Waals surface area contributed by atoms with Gasteiger partial charge in [0.05, 0.1) is 35.3 Å². The van der Waals surface area contributed by atoms with Gasteiger partial charge in [0.25, 0.3) is 11.8 Å². The number of anilines is 4. The van der Waals surface area contributed by atoms with E-state index in [1.54, 1.807) is 64.8 Å². The van der Waals surface area contributed by atoms with Crippen molar-refractivity contribution >= 4 is 52.3 Å². The zero-order valence-electron chi connectivity index (χ0n) is 38.8. The van der Waals surface area contributed by atoms with Crippen LogP contribution < -0.4 is 26.0 Å². The van der Waals surface area contributed by atoms with Crippen molar-refractivity contribution < 1.29 is 42.9 Å². The first-order valence-electron chi connectivity index (χ1n) is 23.2. The molecule has 16 heteroatoms. The number of aryl methyl sites for hydroxylation is 3. The van der Waals surface area contributed by atoms with E-state index in [0.717, 1.165) is 42.4 Å². The predicted octanol–water partition coefficient (Wildman–Crippen LogP) is 8.40. The number of hydrogen-bond acceptors (Lipinski definition) is 10. The molecule has 0 aliphatic carbocycles. The number of benzene rings is 3. The average molecular weight is 926 g/mol. The van der Waals surface area contributed by atoms with E-state index in [9.17, 15) is 24.0 Å². The number of carbonyl (C=O) groups is 5. The van der Waals surface area contributed by atoms with Crippen LogP contribution in [-0.2, 0) is 39.5 Å². The summed E-state index contributed by atoms with van der Waals surface area (Å²) in [6, 6.07) is 21.1. The molecule has 3 atom stereocenters. The Morgan fingerprint density at radius 3 is 2.38 bits per heavy atom. The van der Waals surface area contributed by atoms with Crippen LogP contribution in [0.15, 0.2) is 97.8 Å². The number of hydrogen-bond donors (Lipinski definition) is 3. The molecule has 0 bridgehead atoms. The minimum atomic E-state index is -0.860. The number of Topliss-reactive ketones (excluding diaryl/α,β-unsaturated/α-hetero) is 1. The van der Waals surface area contributed by atoms with Crippen molar-refractivity contribution in [2.24, 2.45) is 14.1 Å². The molecule has 4 N–H and O–H groups in total. The van der Waals surface area contributed by atoms with E-state index in [0.29, 0.717) is 83.4 Å². The number of nitrogen functional groups attached to an aromatic ring is 1. The zero-order chi connectivity index (χ0) is 47.9. The van der Waals surface area contributed by atoms with Crippen LogP contribution in [0.2, 0.25) is 0 Å². The van der Waals surface area contributed by atoms with Crippen molar-refractivity contribution in [2.45, 2.75) is 83.3 Å². The summed E-state index contributed by atoms with van der Waals surface area (Å²) in [5.41, 5.74) is 12.4. The van der Waals surface area contributed by atoms with Crippen LogP contribution in [-0.4, -0.2) is 88.6 Å². The van der Waals surface area contributed by atoms with E-state index in [1.807, 2.05) is 55.4 Å². The van der Waals surface area contributed by atoms with E-state index < -0.39 is 24.7 Å². The number of amides is 4. The van der Waals surface area contributed by atoms with Crippen LogP contribution in [0.1, 0.15) is 93.8 Å². The SMILES string of the molecule is C=CCOC(=O)N1c2cc(OCCCC(=O)Nc3cc(C(=O)Cc4ccc(-c5cc(C(=O)Nc6ccc(N)cc6)n(C)c5)cc4)n(C)c3)c(C)cc2C(=O)N2CCCC[C@H]2C1OC1CCCCO1. The summed E-state index contributed by atoms with van der Waals surface area (Å²) in [6.45, 7) is 6.78. The summed E-state index contributed by atoms with van der Waals surface area (Å²) in [4.78, 5) is 71.1. The number of aromatic nitrogens is 2. The normalized spacial score (nSPS) is 17.9. The minimum Gasteiger partial charge on any atom is -0.493 e. The van der Waals surface area contributed by atoms with Crippen LogP contribution >= 0.6 is 0 Å². The largest absolute Gasteiger partial charge is 0.493 e. The molecule has 5 heterocycles. The lowest BCUT2D eigenvalue weighted by molar-refractivity contribution is -0.198. The Bertz CT molecular complexity index is 2670. The second-order valence-electron chi connectivity index (χ2n) is 17.6. The maximum atomic E-state index is 14.2. The predicted molar refractivity (Wildman–Crippen MR) is 259 cm³/mol. The lowest BCUT2D eigenvalue weighted by Gasteiger charge is -2.42. The Hall–Kier alpha value is -7.17. The zero-order valence-corrected chi connectivity index (χ0v) is 38.8. The molecule has 2 aromatic heterocycles. The molecule has 0 spiro atoms. The lowest BCUT2D eigenvalue weighted by Crippen LogP contribution is -2.57. The van der Waals surface area contributed by atoms with Gasteiger partial charge in [-0.15, -0.1) is 0 Å². The summed E-state index contributed by atoms with van der Waals surface area (Å²) in [5, 5.41) is 5.80. The van der Waals surface area contributed by atoms with Gasteiger partial charge >= 0.3 is 6.09 Å². The smallest absolute Gasteiger partial charge is 0.416 e. The number of carbonyl (C=O) groups excluding carboxylic acids is 5. The summed E-state index contributed by atoms with van der Waals surface area (Å²) >= 11 is 0. The summed E-state index contributed by atoms with van der Waals surface area (Å²) in [6.07, 6.45) is 8.56. The fraction of sp³-hybridized carbons (Fsp3) is 0.365. The highest BCUT2D eigenvalue weighted by Gasteiger charge is 2.46. The molecule has 3 aliphatic rings. The fourth-order valence-electron chi connectivity index (χ4n) is 9.05. The molecule has 2 saturated heterocycles. The molecule has 16 nitrogen and oxygen atoms in total. The van der Waals surface area contributed by atoms with Gasteiger partial charge in [0.15, 0.2) is 18.3 Å². The maximum Gasteiger partial charge on any atom is 0.416 e. The Labute approximate surface area is 396 Å². The fourth-order valence-corrected chi connectivity index (χ4v) is 9.05. The Balaban J connectivity index is 0.871. The monoisotopic (exact) mass is 925 g/mol. The molecule has 68 heavy (non-hydrogen) atoms. The quantitative estimate of drug-likeness (QED) is 0.0375. The number of ether oxygens (including phenoxy) is 4. The highest BCUT2D eigenvalue weighted by molar-refractivity contribution is 6.06. The van der Waals surface area contributed by atoms with Crippen LogP contribution in [0.3, 0.4) is 0 Å². The minimum absolute atomic E-state index is 0.0262. The maximum absolute atomic E-state index is 14.2. The standard InChI is InChI=1S/C52H59N7O9/c1-5-23-67-52(64)59-42-30-46(33(2)26-40(42)50(63)58-22-8-6-11-41(58)51(59)68-48-13-7-9-24-66-48)65-25-10-12-47(61)54-39-29-43(57(4)32-39)45(60)27-34-14-16-35(17-15-34)36-28-44(56(3)31-36)49(62)55-38-20-18-37(53)19-21-38/h5,14-21,26,28-32,41,48,51H,1,6-13,22-25,27,53H2,2-4H3,(H,54,61)(H,55,62)/t41-,48?,51?/m0/s1. The number of rotatable bonds is 16. The van der Waals surface area contributed by atoms with Crippen molar-refractivity contribution in [3.63, 3.8) is 0 Å². The van der Waals surface area contributed by atoms with Crippen LogP contribution in [0.25, 0.3) is 11.1 Å². The number of nitrogens with one attached hydrogen (secondary N) is 2. The number of piperidine rings is 1. The van der Waals surface area contributed by atoms with E-state index >= 15 is 0 Å². The van der Waals surface area contributed by atoms with E-state index in [2.05, 4.69) is 17.2 Å². The van der Waals surface area contributed by atoms with Gasteiger partial charge in [-0.2, -0.15) is 0 Å². The van der Waals surface area contributed by atoms with Crippen LogP contribution in [0, 0.1) is 6.92 Å². The van der Waals surface area contributed by atoms with Crippen molar-refractivity contribution in [1.29, 1.82) is 0 Å². The Morgan fingerprint density at radius 2 is 1.63 bits per heavy atom. The van der Waals surface area contributed by atoms with Crippen LogP contribution in [0.4, 0.5) is 27.5 Å². The molecule has 5 aromatic rings. The van der Waals surface area contributed by atoms with E-state index in [-0.39, 0.29) is 49.6 Å². The highest BCUT2D eigenvalue weighted by Crippen LogP contribution is 2.40. The van der Waals surface area contributed by atoms with Gasteiger partial charge in [-0.3, -0.25) is 19.2 Å². The van der Waals surface area contributed by atoms with Crippen molar-refractivity contribution in [3.05, 3.63) is 126 Å². The van der Waals surface area contributed by atoms with Crippen molar-refractivity contribution in [3.8, 4) is 16.9 Å². The number of ketones is 1. The van der Waals surface area contributed by atoms with Crippen molar-refractivity contribution in [2.75, 3.05) is 47.6 Å². The topological polar surface area (TPSA) is 189 Å². The van der Waals surface area contributed by atoms with Gasteiger partial charge in [0.1, 0.15) is 18.1 Å². The molecule has 3 aromatic carbocycles. The second-order valence-corrected chi connectivity index (χ2v) is 17.6. The third-order valence-corrected chi connectivity index (χ3v) is 12.6. The van der Waals surface area contributed by atoms with Crippen molar-refractivity contribution in [1.82, 2.24) is 14.0 Å². The molecular formula is C52H59N7O9. The second kappa shape index (κ2) is 21.2. The first-order valence-corrected chi connectivity index (χ1v) is 23.2. The molecule has 0 saturated carbocycles. The van der Waals surface area contributed by atoms with Gasteiger partial charge in [-0.25, -0.2) is 9.69 Å². The molecule has 4 amide bonds. The highest BCUT2D eigenvalue weighted by atomic mass is 16.7. The van der Waals surface area contributed by atoms with Gasteiger partial charge in [-0.1, -0.05) is 36.9 Å². The van der Waals surface area contributed by atoms with Gasteiger partial charge in [0, 0.05) is 75.5 Å². The Morgan fingerprint density at radius 1 is 0.868 bits per heavy atom. The first-order chi connectivity index (χ1) is 32.9. The third-order valence-electron chi connectivity index (χ3n) is 12.6. The average Bonchev–Trinajstić information content (AvgIpc) is 3.89. The summed E-state index contributed by atoms with van der Waals surface area (Å²) in [7, 11) is 3.57.